The SMILES string of the molecule is CC(CS(C)(=O)=O)NC(=O)c1cn(C2CCNCC2)nn1. The Kier molecular flexibility index (Phi) is 4.94. The molecule has 2 heterocycles. The van der Waals surface area contributed by atoms with Crippen LogP contribution in [0.4, 0.5) is 0 Å². The number of carbonyl (C=O) groups is 1. The standard InChI is InChI=1S/C12H21N5O3S/c1-9(8-21(2,19)20)14-12(18)11-7-17(16-15-11)10-3-5-13-6-4-10/h7,9-10,13H,3-6,8H2,1-2H3,(H,14,18). The van der Waals surface area contributed by atoms with E-state index >= 15 is 0 Å². The summed E-state index contributed by atoms with van der Waals surface area (Å²) in [6.45, 7) is 3.51. The predicted octanol–water partition coefficient (Wildman–Crippen LogP) is -0.634. The van der Waals surface area contributed by atoms with Crippen LogP contribution < -0.4 is 10.6 Å². The molecule has 0 spiro atoms. The average Bonchev–Trinajstić information content (AvgIpc) is 2.87. The number of piperidine rings is 1. The van der Waals surface area contributed by atoms with Crippen LogP contribution in [0.25, 0.3) is 0 Å². The van der Waals surface area contributed by atoms with Crippen molar-refractivity contribution in [3.63, 3.8) is 0 Å². The quantitative estimate of drug-likeness (QED) is 0.749. The highest BCUT2D eigenvalue weighted by Crippen LogP contribution is 2.16. The molecule has 9 heteroatoms. The molecular weight excluding hydrogens is 294 g/mol. The molecule has 0 aromatic carbocycles. The Hall–Kier alpha value is -1.48. The van der Waals surface area contributed by atoms with Gasteiger partial charge in [-0.3, -0.25) is 4.79 Å². The van der Waals surface area contributed by atoms with Crippen molar-refractivity contribution in [1.29, 1.82) is 0 Å². The van der Waals surface area contributed by atoms with Crippen LogP contribution >= 0.6 is 0 Å². The fourth-order valence-corrected chi connectivity index (χ4v) is 3.42. The Bertz CT molecular complexity index is 592. The van der Waals surface area contributed by atoms with E-state index in [1.807, 2.05) is 0 Å². The molecule has 0 saturated carbocycles. The summed E-state index contributed by atoms with van der Waals surface area (Å²) in [6.07, 6.45) is 4.67. The van der Waals surface area contributed by atoms with Crippen molar-refractivity contribution < 1.29 is 13.2 Å². The molecule has 1 atom stereocenters. The van der Waals surface area contributed by atoms with E-state index < -0.39 is 21.8 Å². The van der Waals surface area contributed by atoms with Crippen molar-refractivity contribution in [1.82, 2.24) is 25.6 Å². The largest absolute Gasteiger partial charge is 0.347 e. The maximum Gasteiger partial charge on any atom is 0.273 e. The third-order valence-corrected chi connectivity index (χ3v) is 4.46. The van der Waals surface area contributed by atoms with Gasteiger partial charge in [0, 0.05) is 12.3 Å². The second-order valence-corrected chi connectivity index (χ2v) is 7.72. The number of nitrogens with one attached hydrogen (secondary N) is 2. The zero-order chi connectivity index (χ0) is 15.5. The molecule has 0 aliphatic carbocycles. The third-order valence-electron chi connectivity index (χ3n) is 3.36. The molecule has 1 fully saturated rings. The van der Waals surface area contributed by atoms with Crippen molar-refractivity contribution in [3.8, 4) is 0 Å². The molecule has 118 valence electrons. The van der Waals surface area contributed by atoms with E-state index in [-0.39, 0.29) is 17.5 Å². The fourth-order valence-electron chi connectivity index (χ4n) is 2.42. The van der Waals surface area contributed by atoms with Gasteiger partial charge in [0.2, 0.25) is 0 Å². The first-order valence-electron chi connectivity index (χ1n) is 6.96. The Balaban J connectivity index is 1.95. The molecule has 21 heavy (non-hydrogen) atoms. The van der Waals surface area contributed by atoms with Crippen LogP contribution in [0.1, 0.15) is 36.3 Å². The summed E-state index contributed by atoms with van der Waals surface area (Å²) in [5, 5.41) is 13.8. The first-order chi connectivity index (χ1) is 9.85. The number of hydrogen-bond acceptors (Lipinski definition) is 6. The van der Waals surface area contributed by atoms with Crippen molar-refractivity contribution >= 4 is 15.7 Å². The summed E-state index contributed by atoms with van der Waals surface area (Å²) in [5.74, 6) is -0.493. The van der Waals surface area contributed by atoms with Crippen molar-refractivity contribution in [2.24, 2.45) is 0 Å². The number of hydrogen-bond donors (Lipinski definition) is 2. The number of rotatable bonds is 5. The van der Waals surface area contributed by atoms with Crippen LogP contribution in [0.15, 0.2) is 6.20 Å². The minimum atomic E-state index is -3.13. The lowest BCUT2D eigenvalue weighted by Gasteiger charge is -2.22. The lowest BCUT2D eigenvalue weighted by Crippen LogP contribution is -2.37. The van der Waals surface area contributed by atoms with Gasteiger partial charge in [0.25, 0.3) is 5.91 Å². The van der Waals surface area contributed by atoms with Gasteiger partial charge in [0.15, 0.2) is 5.69 Å². The maximum atomic E-state index is 12.0. The van der Waals surface area contributed by atoms with Gasteiger partial charge in [-0.1, -0.05) is 5.21 Å². The monoisotopic (exact) mass is 315 g/mol. The van der Waals surface area contributed by atoms with Crippen molar-refractivity contribution in [2.75, 3.05) is 25.1 Å². The molecule has 8 nitrogen and oxygen atoms in total. The Morgan fingerprint density at radius 1 is 1.52 bits per heavy atom. The number of amides is 1. The summed E-state index contributed by atoms with van der Waals surface area (Å²) >= 11 is 0. The zero-order valence-electron chi connectivity index (χ0n) is 12.2. The summed E-state index contributed by atoms with van der Waals surface area (Å²) in [7, 11) is -3.13. The molecule has 1 aliphatic heterocycles. The lowest BCUT2D eigenvalue weighted by atomic mass is 10.1. The predicted molar refractivity (Wildman–Crippen MR) is 77.8 cm³/mol. The average molecular weight is 315 g/mol. The van der Waals surface area contributed by atoms with E-state index in [0.717, 1.165) is 32.2 Å². The number of sulfone groups is 1. The lowest BCUT2D eigenvalue weighted by molar-refractivity contribution is 0.0938. The van der Waals surface area contributed by atoms with Crippen LogP contribution in [-0.2, 0) is 9.84 Å². The second-order valence-electron chi connectivity index (χ2n) is 5.53. The molecular formula is C12H21N5O3S. The van der Waals surface area contributed by atoms with Crippen LogP contribution in [0.3, 0.4) is 0 Å². The molecule has 1 aromatic rings. The highest BCUT2D eigenvalue weighted by atomic mass is 32.2. The Morgan fingerprint density at radius 2 is 2.19 bits per heavy atom. The normalized spacial score (nSPS) is 18.4. The van der Waals surface area contributed by atoms with Gasteiger partial charge in [-0.15, -0.1) is 5.10 Å². The third kappa shape index (κ3) is 4.78. The zero-order valence-corrected chi connectivity index (χ0v) is 13.1. The van der Waals surface area contributed by atoms with Gasteiger partial charge >= 0.3 is 0 Å². The van der Waals surface area contributed by atoms with Crippen LogP contribution in [-0.4, -0.2) is 60.5 Å². The van der Waals surface area contributed by atoms with Crippen molar-refractivity contribution in [3.05, 3.63) is 11.9 Å². The molecule has 0 radical (unpaired) electrons. The highest BCUT2D eigenvalue weighted by molar-refractivity contribution is 7.90. The topological polar surface area (TPSA) is 106 Å². The molecule has 1 aromatic heterocycles. The molecule has 1 amide bonds. The van der Waals surface area contributed by atoms with Gasteiger partial charge in [0.1, 0.15) is 9.84 Å². The summed E-state index contributed by atoms with van der Waals surface area (Å²) in [6, 6.07) is -0.203. The smallest absolute Gasteiger partial charge is 0.273 e. The van der Waals surface area contributed by atoms with Gasteiger partial charge in [-0.2, -0.15) is 0 Å². The Labute approximate surface area is 124 Å². The molecule has 1 aliphatic rings. The molecule has 1 saturated heterocycles. The number of carbonyl (C=O) groups excluding carboxylic acids is 1. The van der Waals surface area contributed by atoms with Crippen LogP contribution in [0.2, 0.25) is 0 Å². The first kappa shape index (κ1) is 15.9. The number of aromatic nitrogens is 3. The van der Waals surface area contributed by atoms with Gasteiger partial charge in [-0.05, 0) is 32.9 Å². The van der Waals surface area contributed by atoms with E-state index in [9.17, 15) is 13.2 Å². The molecule has 2 rings (SSSR count). The van der Waals surface area contributed by atoms with Crippen LogP contribution in [0, 0.1) is 0 Å². The van der Waals surface area contributed by atoms with Gasteiger partial charge in [0.05, 0.1) is 18.0 Å². The number of nitrogens with zero attached hydrogens (tertiary/aromatic N) is 3. The van der Waals surface area contributed by atoms with Crippen molar-refractivity contribution in [2.45, 2.75) is 31.8 Å². The maximum absolute atomic E-state index is 12.0. The molecule has 1 unspecified atom stereocenters. The highest BCUT2D eigenvalue weighted by Gasteiger charge is 2.20. The summed E-state index contributed by atoms with van der Waals surface area (Å²) in [4.78, 5) is 12.0. The van der Waals surface area contributed by atoms with E-state index in [4.69, 9.17) is 0 Å². The summed E-state index contributed by atoms with van der Waals surface area (Å²) < 4.78 is 24.1. The van der Waals surface area contributed by atoms with E-state index in [2.05, 4.69) is 20.9 Å². The van der Waals surface area contributed by atoms with E-state index in [1.165, 1.54) is 0 Å². The molecule has 0 bridgehead atoms. The summed E-state index contributed by atoms with van der Waals surface area (Å²) in [5.41, 5.74) is 0.217. The Morgan fingerprint density at radius 3 is 2.81 bits per heavy atom. The first-order valence-corrected chi connectivity index (χ1v) is 9.02. The fraction of sp³-hybridized carbons (Fsp3) is 0.750. The van der Waals surface area contributed by atoms with Crippen LogP contribution in [0.5, 0.6) is 0 Å². The van der Waals surface area contributed by atoms with E-state index in [0.29, 0.717) is 0 Å². The minimum absolute atomic E-state index is 0.0961. The minimum Gasteiger partial charge on any atom is -0.347 e. The van der Waals surface area contributed by atoms with E-state index in [1.54, 1.807) is 17.8 Å². The second kappa shape index (κ2) is 6.52. The molecule has 2 N–H and O–H groups in total. The van der Waals surface area contributed by atoms with Gasteiger partial charge < -0.3 is 10.6 Å². The van der Waals surface area contributed by atoms with Gasteiger partial charge in [-0.25, -0.2) is 13.1 Å².